The van der Waals surface area contributed by atoms with Crippen molar-refractivity contribution in [3.63, 3.8) is 0 Å². The summed E-state index contributed by atoms with van der Waals surface area (Å²) in [6.07, 6.45) is 0.0538. The minimum Gasteiger partial charge on any atom is -0.250 e. The van der Waals surface area contributed by atoms with Gasteiger partial charge in [0.15, 0.2) is 15.5 Å². The van der Waals surface area contributed by atoms with Crippen molar-refractivity contribution >= 4 is 32.6 Å². The fraction of sp³-hybridized carbons (Fsp3) is 0.278. The zero-order valence-electron chi connectivity index (χ0n) is 13.8. The lowest BCUT2D eigenvalue weighted by atomic mass is 9.98. The molecule has 0 saturated carbocycles. The van der Waals surface area contributed by atoms with Crippen LogP contribution in [-0.2, 0) is 16.0 Å². The lowest BCUT2D eigenvalue weighted by Gasteiger charge is -2.12. The fourth-order valence-electron chi connectivity index (χ4n) is 3.10. The molecule has 8 heteroatoms. The van der Waals surface area contributed by atoms with E-state index in [0.29, 0.717) is 12.0 Å². The van der Waals surface area contributed by atoms with Gasteiger partial charge in [-0.25, -0.2) is 13.4 Å². The summed E-state index contributed by atoms with van der Waals surface area (Å²) < 4.78 is 61.6. The van der Waals surface area contributed by atoms with Crippen molar-refractivity contribution in [1.82, 2.24) is 4.98 Å². The van der Waals surface area contributed by atoms with Crippen LogP contribution >= 0.6 is 11.6 Å². The van der Waals surface area contributed by atoms with Gasteiger partial charge in [-0.05, 0) is 59.7 Å². The smallest absolute Gasteiger partial charge is 0.250 e. The van der Waals surface area contributed by atoms with Crippen LogP contribution in [0.4, 0.5) is 13.2 Å². The van der Waals surface area contributed by atoms with Gasteiger partial charge in [0.05, 0.1) is 9.92 Å². The van der Waals surface area contributed by atoms with Crippen molar-refractivity contribution in [1.29, 1.82) is 0 Å². The number of hydrogen-bond donors (Lipinski definition) is 0. The van der Waals surface area contributed by atoms with Crippen molar-refractivity contribution < 1.29 is 21.6 Å². The highest BCUT2D eigenvalue weighted by Gasteiger charge is 2.35. The first kappa shape index (κ1) is 18.9. The zero-order valence-corrected chi connectivity index (χ0v) is 15.3. The summed E-state index contributed by atoms with van der Waals surface area (Å²) in [5, 5.41) is -0.429. The Hall–Kier alpha value is -1.86. The highest BCUT2D eigenvalue weighted by molar-refractivity contribution is 7.90. The molecule has 26 heavy (non-hydrogen) atoms. The van der Waals surface area contributed by atoms with Crippen LogP contribution < -0.4 is 0 Å². The molecule has 0 bridgehead atoms. The third kappa shape index (κ3) is 3.78. The molecule has 3 rings (SSSR count). The summed E-state index contributed by atoms with van der Waals surface area (Å²) in [7, 11) is -3.28. The quantitative estimate of drug-likeness (QED) is 0.705. The molecule has 0 atom stereocenters. The van der Waals surface area contributed by atoms with Gasteiger partial charge in [-0.3, -0.25) is 0 Å². The van der Waals surface area contributed by atoms with Crippen LogP contribution in [0, 0.1) is 0 Å². The molecule has 0 unspecified atom stereocenters. The minimum absolute atomic E-state index is 0.223. The number of halogens is 4. The molecule has 0 aliphatic heterocycles. The predicted octanol–water partition coefficient (Wildman–Crippen LogP) is 5.25. The van der Waals surface area contributed by atoms with E-state index in [2.05, 4.69) is 4.98 Å². The number of rotatable bonds is 3. The molecule has 1 heterocycles. The molecular weight excluding hydrogens is 387 g/mol. The lowest BCUT2D eigenvalue weighted by molar-refractivity contribution is -0.141. The Morgan fingerprint density at radius 2 is 1.62 bits per heavy atom. The van der Waals surface area contributed by atoms with E-state index < -0.39 is 26.7 Å². The highest BCUT2D eigenvalue weighted by Crippen LogP contribution is 2.41. The lowest BCUT2D eigenvalue weighted by Crippen LogP contribution is -2.09. The van der Waals surface area contributed by atoms with Crippen LogP contribution in [0.25, 0.3) is 11.1 Å². The largest absolute Gasteiger partial charge is 0.434 e. The first-order valence-corrected chi connectivity index (χ1v) is 10.1. The number of allylic oxidation sites excluding steroid dienone is 2. The van der Waals surface area contributed by atoms with Gasteiger partial charge in [0, 0.05) is 12.5 Å². The number of benzene rings is 1. The fourth-order valence-corrected chi connectivity index (χ4v) is 4.00. The van der Waals surface area contributed by atoms with Crippen LogP contribution in [-0.4, -0.2) is 19.7 Å². The molecule has 1 aliphatic rings. The molecule has 0 amide bonds. The third-order valence-corrected chi connectivity index (χ3v) is 5.72. The van der Waals surface area contributed by atoms with E-state index in [-0.39, 0.29) is 4.90 Å². The number of hydrogen-bond acceptors (Lipinski definition) is 3. The summed E-state index contributed by atoms with van der Waals surface area (Å²) in [5.74, 6) is 0. The summed E-state index contributed by atoms with van der Waals surface area (Å²) in [6.45, 7) is 0. The Morgan fingerprint density at radius 1 is 1.04 bits per heavy atom. The first-order valence-electron chi connectivity index (χ1n) is 7.83. The Balaban J connectivity index is 2.02. The second-order valence-corrected chi connectivity index (χ2v) is 8.58. The normalized spacial score (nSPS) is 15.6. The monoisotopic (exact) mass is 401 g/mol. The Bertz CT molecular complexity index is 980. The van der Waals surface area contributed by atoms with Crippen LogP contribution in [0.5, 0.6) is 0 Å². The average molecular weight is 402 g/mol. The van der Waals surface area contributed by atoms with Gasteiger partial charge in [-0.15, -0.1) is 0 Å². The molecule has 0 saturated heterocycles. The van der Waals surface area contributed by atoms with Gasteiger partial charge in [-0.1, -0.05) is 23.7 Å². The van der Waals surface area contributed by atoms with E-state index >= 15 is 0 Å². The first-order chi connectivity index (χ1) is 12.1. The summed E-state index contributed by atoms with van der Waals surface area (Å²) in [5.41, 5.74) is 2.17. The van der Waals surface area contributed by atoms with E-state index in [9.17, 15) is 21.6 Å². The van der Waals surface area contributed by atoms with Gasteiger partial charge < -0.3 is 0 Å². The van der Waals surface area contributed by atoms with E-state index in [4.69, 9.17) is 11.6 Å². The average Bonchev–Trinajstić information content (AvgIpc) is 3.02. The minimum atomic E-state index is -4.59. The Labute approximate surface area is 154 Å². The molecule has 0 spiro atoms. The molecule has 0 radical (unpaired) electrons. The third-order valence-electron chi connectivity index (χ3n) is 4.31. The van der Waals surface area contributed by atoms with Crippen molar-refractivity contribution in [3.05, 3.63) is 58.4 Å². The number of aromatic nitrogens is 1. The maximum atomic E-state index is 12.8. The molecule has 1 aromatic heterocycles. The molecule has 2 aromatic rings. The van der Waals surface area contributed by atoms with Gasteiger partial charge in [-0.2, -0.15) is 13.2 Å². The van der Waals surface area contributed by atoms with Gasteiger partial charge in [0.25, 0.3) is 0 Å². The second-order valence-electron chi connectivity index (χ2n) is 6.16. The van der Waals surface area contributed by atoms with Gasteiger partial charge >= 0.3 is 6.18 Å². The van der Waals surface area contributed by atoms with Crippen LogP contribution in [0.15, 0.2) is 41.4 Å². The van der Waals surface area contributed by atoms with E-state index in [1.807, 2.05) is 0 Å². The topological polar surface area (TPSA) is 47.0 Å². The molecule has 0 fully saturated rings. The maximum Gasteiger partial charge on any atom is 0.434 e. The maximum absolute atomic E-state index is 12.8. The zero-order chi connectivity index (χ0) is 19.1. The number of alkyl halides is 3. The molecule has 0 N–H and O–H groups in total. The Morgan fingerprint density at radius 3 is 2.12 bits per heavy atom. The summed E-state index contributed by atoms with van der Waals surface area (Å²) >= 11 is 5.79. The van der Waals surface area contributed by atoms with Crippen LogP contribution in [0.3, 0.4) is 0 Å². The molecular formula is C18H15ClF3NO2S. The van der Waals surface area contributed by atoms with Crippen molar-refractivity contribution in [2.75, 3.05) is 6.26 Å². The molecule has 1 aliphatic carbocycles. The van der Waals surface area contributed by atoms with Crippen molar-refractivity contribution in [2.24, 2.45) is 0 Å². The molecule has 138 valence electrons. The highest BCUT2D eigenvalue weighted by atomic mass is 35.5. The predicted molar refractivity (Wildman–Crippen MR) is 94.5 cm³/mol. The Kier molecular flexibility index (Phi) is 4.88. The van der Waals surface area contributed by atoms with E-state index in [0.717, 1.165) is 35.8 Å². The SMILES string of the molecule is CS(=O)(=O)c1ccc(C2=C(c3cnc(C(F)(F)F)c(Cl)c3)CCC2)cc1. The summed E-state index contributed by atoms with van der Waals surface area (Å²) in [6, 6.07) is 7.80. The summed E-state index contributed by atoms with van der Waals surface area (Å²) in [4.78, 5) is 3.72. The second kappa shape index (κ2) is 6.70. The van der Waals surface area contributed by atoms with E-state index in [1.54, 1.807) is 12.1 Å². The van der Waals surface area contributed by atoms with Crippen LogP contribution in [0.1, 0.15) is 36.1 Å². The molecule has 1 aromatic carbocycles. The van der Waals surface area contributed by atoms with E-state index in [1.165, 1.54) is 24.4 Å². The van der Waals surface area contributed by atoms with Crippen LogP contribution in [0.2, 0.25) is 5.02 Å². The molecule has 3 nitrogen and oxygen atoms in total. The number of sulfone groups is 1. The van der Waals surface area contributed by atoms with Gasteiger partial charge in [0.2, 0.25) is 0 Å². The van der Waals surface area contributed by atoms with Crippen molar-refractivity contribution in [3.8, 4) is 0 Å². The number of nitrogens with zero attached hydrogens (tertiary/aromatic N) is 1. The van der Waals surface area contributed by atoms with Gasteiger partial charge in [0.1, 0.15) is 0 Å². The number of pyridine rings is 1. The van der Waals surface area contributed by atoms with Crippen molar-refractivity contribution in [2.45, 2.75) is 30.3 Å². The standard InChI is InChI=1S/C18H15ClF3NO2S/c1-26(24,25)13-7-5-11(6-8-13)14-3-2-4-15(14)12-9-16(19)17(23-10-12)18(20,21)22/h5-10H,2-4H2,1H3.